The quantitative estimate of drug-likeness (QED) is 0.0136. The first kappa shape index (κ1) is 55.5. The zero-order valence-corrected chi connectivity index (χ0v) is 39.9. The smallest absolute Gasteiger partial charge is 0.504 e. The number of sulfone groups is 1. The molecular weight excluding hydrogens is 914 g/mol. The van der Waals surface area contributed by atoms with Gasteiger partial charge in [0.05, 0.1) is 46.2 Å². The van der Waals surface area contributed by atoms with Crippen molar-refractivity contribution >= 4 is 65.0 Å². The predicted molar refractivity (Wildman–Crippen MR) is 185 cm³/mol. The van der Waals surface area contributed by atoms with Crippen molar-refractivity contribution in [2.75, 3.05) is 36.1 Å². The zero-order chi connectivity index (χ0) is 39.7. The van der Waals surface area contributed by atoms with E-state index in [0.29, 0.717) is 6.07 Å². The number of nitrogens with one attached hydrogen (secondary N) is 2. The van der Waals surface area contributed by atoms with E-state index in [1.54, 1.807) is 18.2 Å². The number of aromatic hydroxyl groups is 1. The van der Waals surface area contributed by atoms with Crippen molar-refractivity contribution in [1.82, 2.24) is 15.0 Å². The summed E-state index contributed by atoms with van der Waals surface area (Å²) in [7, 11) is -13.2. The summed E-state index contributed by atoms with van der Waals surface area (Å²) >= 11 is 0. The van der Waals surface area contributed by atoms with Gasteiger partial charge < -0.3 is 25.6 Å². The minimum Gasteiger partial charge on any atom is -0.504 e. The van der Waals surface area contributed by atoms with Gasteiger partial charge in [0.2, 0.25) is 11.9 Å². The number of benzene rings is 3. The van der Waals surface area contributed by atoms with Gasteiger partial charge in [0, 0.05) is 29.0 Å². The fourth-order valence-corrected chi connectivity index (χ4v) is 5.52. The standard InChI is InChI=1S/C29H27FN9O12S3.Cu.3Na/c1-2-52(43,44)13-12-51-11-10-31-28-33-27(30)34-29(35-28)32-22-15-19(54(48,49)50)16-23(24(22)40)37-39-25(17-6-4-3-5-7-17)38-36-21-14-18(53(45,46)47)8-9-20(21)26(41)42;;;;/h2-9,14-16,40H,1,10-13H2,(H,41,42)(H,45,46,47)(H,48,49,50)(H2,31,32,33,34,35);;;;/q-1;;3*+1. The first-order valence-corrected chi connectivity index (χ1v) is 19.3. The number of aromatic carboxylic acids is 1. The number of rotatable bonds is 18. The molecule has 1 radical (unpaired) electrons. The van der Waals surface area contributed by atoms with Crippen LogP contribution in [0.15, 0.2) is 103 Å². The Labute approximate surface area is 407 Å². The third-order valence-electron chi connectivity index (χ3n) is 6.55. The van der Waals surface area contributed by atoms with E-state index < -0.39 is 92.4 Å². The Bertz CT molecular complexity index is 2460. The number of carbonyl (C=O) groups is 1. The SMILES string of the molecule is C=CS(=O)(=O)CCOCCNc1nc(F)nc(Nc2cc(S(=O)(=O)O)cc(N=N[C-](N=Nc3cc(S(=O)(=O)O)ccc3C(=O)O)c3ccccc3)c2O)n1.[Cu].[Na+].[Na+].[Na+]. The van der Waals surface area contributed by atoms with Crippen LogP contribution in [0.1, 0.15) is 15.9 Å². The van der Waals surface area contributed by atoms with Crippen LogP contribution in [-0.2, 0) is 51.9 Å². The molecule has 3 aromatic carbocycles. The largest absolute Gasteiger partial charge is 1.00 e. The number of aromatic nitrogens is 3. The van der Waals surface area contributed by atoms with Gasteiger partial charge in [-0.25, -0.2) is 13.2 Å². The second kappa shape index (κ2) is 24.7. The number of azo groups is 2. The molecule has 0 bridgehead atoms. The van der Waals surface area contributed by atoms with E-state index in [1.165, 1.54) is 12.1 Å². The average molecular weight is 941 g/mol. The van der Waals surface area contributed by atoms with E-state index in [0.717, 1.165) is 29.7 Å². The molecule has 0 saturated carbocycles. The van der Waals surface area contributed by atoms with Crippen LogP contribution < -0.4 is 99.3 Å². The molecule has 0 fully saturated rings. The third kappa shape index (κ3) is 16.9. The van der Waals surface area contributed by atoms with Crippen molar-refractivity contribution in [3.8, 4) is 5.75 Å². The van der Waals surface area contributed by atoms with Crippen LogP contribution in [0.25, 0.3) is 0 Å². The molecule has 58 heavy (non-hydrogen) atoms. The van der Waals surface area contributed by atoms with Crippen molar-refractivity contribution in [2.24, 2.45) is 20.5 Å². The predicted octanol–water partition coefficient (Wildman–Crippen LogP) is -4.95. The van der Waals surface area contributed by atoms with Crippen molar-refractivity contribution in [2.45, 2.75) is 9.79 Å². The van der Waals surface area contributed by atoms with Crippen LogP contribution in [0.2, 0.25) is 0 Å². The van der Waals surface area contributed by atoms with E-state index in [1.807, 2.05) is 0 Å². The van der Waals surface area contributed by atoms with Gasteiger partial charge in [-0.2, -0.15) is 68.8 Å². The Hall–Kier alpha value is -2.47. The van der Waals surface area contributed by atoms with E-state index in [2.05, 4.69) is 52.6 Å². The second-order valence-corrected chi connectivity index (χ2v) is 15.2. The van der Waals surface area contributed by atoms with Gasteiger partial charge >= 0.3 is 101 Å². The van der Waals surface area contributed by atoms with Gasteiger partial charge in [0.25, 0.3) is 20.2 Å². The Morgan fingerprint density at radius 3 is 2.02 bits per heavy atom. The number of phenolic OH excluding ortho intramolecular Hbond substituents is 1. The van der Waals surface area contributed by atoms with Crippen LogP contribution in [0.3, 0.4) is 0 Å². The van der Waals surface area contributed by atoms with Crippen molar-refractivity contribution in [1.29, 1.82) is 0 Å². The van der Waals surface area contributed by atoms with E-state index in [9.17, 15) is 53.8 Å². The number of phenols is 1. The van der Waals surface area contributed by atoms with Gasteiger partial charge in [-0.15, -0.1) is 17.7 Å². The molecule has 1 heterocycles. The summed E-state index contributed by atoms with van der Waals surface area (Å²) in [4.78, 5) is 21.0. The first-order chi connectivity index (χ1) is 25.4. The summed E-state index contributed by atoms with van der Waals surface area (Å²) in [6, 6.07) is 11.5. The summed E-state index contributed by atoms with van der Waals surface area (Å²) in [5.41, 5.74) is -2.00. The summed E-state index contributed by atoms with van der Waals surface area (Å²) < 4.78 is 109. The molecule has 297 valence electrons. The molecule has 0 spiro atoms. The molecule has 21 nitrogen and oxygen atoms in total. The van der Waals surface area contributed by atoms with Gasteiger partial charge in [-0.1, -0.05) is 12.6 Å². The van der Waals surface area contributed by atoms with Crippen LogP contribution in [0, 0.1) is 12.2 Å². The number of carboxylic acids is 1. The number of ether oxygens (including phenoxy) is 1. The Balaban J connectivity index is 0.00000812. The van der Waals surface area contributed by atoms with Crippen LogP contribution >= 0.6 is 0 Å². The van der Waals surface area contributed by atoms with Crippen molar-refractivity contribution in [3.63, 3.8) is 0 Å². The van der Waals surface area contributed by atoms with Crippen LogP contribution in [-0.4, -0.2) is 91.0 Å². The normalized spacial score (nSPS) is 11.4. The molecule has 0 aliphatic rings. The number of halogens is 1. The summed E-state index contributed by atoms with van der Waals surface area (Å²) in [6.07, 6.45) is -1.71. The van der Waals surface area contributed by atoms with Crippen molar-refractivity contribution < 1.29 is 164 Å². The minimum atomic E-state index is -4.99. The monoisotopic (exact) mass is 940 g/mol. The molecule has 0 aliphatic carbocycles. The average Bonchev–Trinajstić information content (AvgIpc) is 3.10. The molecule has 0 atom stereocenters. The van der Waals surface area contributed by atoms with E-state index >= 15 is 0 Å². The Morgan fingerprint density at radius 1 is 0.845 bits per heavy atom. The van der Waals surface area contributed by atoms with E-state index in [4.69, 9.17) is 4.74 Å². The Kier molecular flexibility index (Phi) is 23.7. The third-order valence-corrected chi connectivity index (χ3v) is 9.47. The maximum atomic E-state index is 14.3. The maximum Gasteiger partial charge on any atom is 1.00 e. The van der Waals surface area contributed by atoms with Crippen LogP contribution in [0.5, 0.6) is 5.75 Å². The van der Waals surface area contributed by atoms with Gasteiger partial charge in [0.15, 0.2) is 15.6 Å². The molecule has 29 heteroatoms. The summed E-state index contributed by atoms with van der Waals surface area (Å²) in [5, 5.41) is 41.7. The zero-order valence-electron chi connectivity index (χ0n) is 30.5. The molecule has 4 rings (SSSR count). The summed E-state index contributed by atoms with van der Waals surface area (Å²) in [5.74, 6) is -3.58. The number of carboxylic acid groups (broad SMARTS) is 1. The second-order valence-electron chi connectivity index (χ2n) is 10.3. The molecular formula is C29H27CuFN9Na3O12S3+2. The molecule has 1 aromatic heterocycles. The van der Waals surface area contributed by atoms with Gasteiger partial charge in [0.1, 0.15) is 11.4 Å². The Morgan fingerprint density at radius 2 is 1.43 bits per heavy atom. The van der Waals surface area contributed by atoms with E-state index in [-0.39, 0.29) is 143 Å². The summed E-state index contributed by atoms with van der Waals surface area (Å²) in [6.45, 7) is 2.97. The number of anilines is 3. The number of hydrogen-bond acceptors (Lipinski definition) is 18. The molecule has 4 aromatic rings. The fraction of sp³-hybridized carbons (Fsp3) is 0.138. The first-order valence-electron chi connectivity index (χ1n) is 14.7. The molecule has 0 saturated heterocycles. The number of nitrogens with zero attached hydrogens (tertiary/aromatic N) is 7. The minimum absolute atomic E-state index is 0. The van der Waals surface area contributed by atoms with Crippen LogP contribution in [0.4, 0.5) is 33.3 Å². The van der Waals surface area contributed by atoms with Gasteiger partial charge in [-0.3, -0.25) is 9.11 Å². The van der Waals surface area contributed by atoms with Crippen molar-refractivity contribution in [3.05, 3.63) is 96.0 Å². The molecule has 6 N–H and O–H groups in total. The topological polar surface area (TPSA) is 322 Å². The molecule has 0 unspecified atom stereocenters. The van der Waals surface area contributed by atoms with Gasteiger partial charge in [-0.05, 0) is 30.3 Å². The maximum absolute atomic E-state index is 14.3. The molecule has 0 amide bonds. The fourth-order valence-electron chi connectivity index (χ4n) is 3.98. The number of hydrogen-bond donors (Lipinski definition) is 6. The molecule has 0 aliphatic heterocycles.